The lowest BCUT2D eigenvalue weighted by Gasteiger charge is -2.34. The van der Waals surface area contributed by atoms with Crippen LogP contribution >= 0.6 is 0 Å². The molecule has 3 atom stereocenters. The quantitative estimate of drug-likeness (QED) is 0.531. The zero-order chi connectivity index (χ0) is 13.7. The third kappa shape index (κ3) is 3.85. The Balaban J connectivity index is 2.51. The third-order valence-corrected chi connectivity index (χ3v) is 3.22. The van der Waals surface area contributed by atoms with Crippen molar-refractivity contribution in [3.8, 4) is 0 Å². The number of carboxylic acids is 1. The van der Waals surface area contributed by atoms with Gasteiger partial charge in [-0.25, -0.2) is 9.59 Å². The number of piperidine rings is 1. The number of β-amino-alcohol motifs (C(OH)–C–C–N with tert-alkyl or cyclic N) is 1. The first-order chi connectivity index (χ1) is 8.45. The molecule has 1 aliphatic heterocycles. The van der Waals surface area contributed by atoms with Crippen molar-refractivity contribution >= 4 is 12.0 Å². The first-order valence-corrected chi connectivity index (χ1v) is 6.03. The van der Waals surface area contributed by atoms with Crippen LogP contribution in [0, 0.1) is 5.92 Å². The van der Waals surface area contributed by atoms with E-state index in [-0.39, 0.29) is 25.5 Å². The molecular formula is C11H20N2O5. The highest BCUT2D eigenvalue weighted by molar-refractivity contribution is 5.82. The van der Waals surface area contributed by atoms with E-state index in [1.165, 1.54) is 4.90 Å². The summed E-state index contributed by atoms with van der Waals surface area (Å²) in [4.78, 5) is 24.0. The largest absolute Gasteiger partial charge is 0.480 e. The molecule has 0 saturated carbocycles. The van der Waals surface area contributed by atoms with E-state index in [2.05, 4.69) is 5.32 Å². The van der Waals surface area contributed by atoms with Gasteiger partial charge in [0, 0.05) is 26.1 Å². The van der Waals surface area contributed by atoms with Gasteiger partial charge < -0.3 is 25.5 Å². The molecule has 1 aliphatic rings. The molecular weight excluding hydrogens is 240 g/mol. The molecule has 0 aromatic heterocycles. The zero-order valence-corrected chi connectivity index (χ0v) is 10.4. The van der Waals surface area contributed by atoms with Crippen LogP contribution in [-0.2, 0) is 4.79 Å². The number of carboxylic acid groups (broad SMARTS) is 1. The number of aliphatic hydroxyl groups excluding tert-OH is 2. The number of amides is 2. The maximum Gasteiger partial charge on any atom is 0.326 e. The maximum atomic E-state index is 11.8. The zero-order valence-electron chi connectivity index (χ0n) is 10.4. The van der Waals surface area contributed by atoms with Crippen LogP contribution in [0.4, 0.5) is 4.79 Å². The summed E-state index contributed by atoms with van der Waals surface area (Å²) in [6.45, 7) is 2.30. The molecule has 104 valence electrons. The Labute approximate surface area is 105 Å². The van der Waals surface area contributed by atoms with Crippen LogP contribution in [0.1, 0.15) is 19.8 Å². The monoisotopic (exact) mass is 260 g/mol. The number of hydrogen-bond acceptors (Lipinski definition) is 4. The summed E-state index contributed by atoms with van der Waals surface area (Å²) in [7, 11) is 0. The fourth-order valence-corrected chi connectivity index (χ4v) is 1.86. The summed E-state index contributed by atoms with van der Waals surface area (Å²) >= 11 is 0. The Bertz CT molecular complexity index is 310. The molecule has 0 aromatic rings. The summed E-state index contributed by atoms with van der Waals surface area (Å²) in [6, 6.07) is -1.61. The maximum absolute atomic E-state index is 11.8. The third-order valence-electron chi connectivity index (χ3n) is 3.22. The van der Waals surface area contributed by atoms with E-state index in [1.807, 2.05) is 6.92 Å². The summed E-state index contributed by atoms with van der Waals surface area (Å²) in [6.07, 6.45) is 0.0748. The van der Waals surface area contributed by atoms with Crippen molar-refractivity contribution in [1.29, 1.82) is 0 Å². The number of aliphatic carboxylic acids is 1. The van der Waals surface area contributed by atoms with Crippen molar-refractivity contribution in [3.63, 3.8) is 0 Å². The number of rotatable bonds is 4. The van der Waals surface area contributed by atoms with Crippen LogP contribution in [0.15, 0.2) is 0 Å². The van der Waals surface area contributed by atoms with Gasteiger partial charge in [0.25, 0.3) is 0 Å². The SMILES string of the molecule is CC1CCN(C(=O)N[C@@H](CCO)C(=O)O)CC1O. The number of hydrogen-bond donors (Lipinski definition) is 4. The van der Waals surface area contributed by atoms with Gasteiger partial charge in [0.1, 0.15) is 6.04 Å². The van der Waals surface area contributed by atoms with E-state index in [4.69, 9.17) is 10.2 Å². The van der Waals surface area contributed by atoms with E-state index < -0.39 is 24.1 Å². The lowest BCUT2D eigenvalue weighted by Crippen LogP contribution is -2.53. The Morgan fingerprint density at radius 3 is 2.67 bits per heavy atom. The second kappa shape index (κ2) is 6.55. The van der Waals surface area contributed by atoms with Crippen LogP contribution in [0.5, 0.6) is 0 Å². The minimum absolute atomic E-state index is 0.0339. The van der Waals surface area contributed by atoms with Gasteiger partial charge in [0.2, 0.25) is 0 Å². The minimum Gasteiger partial charge on any atom is -0.480 e. The van der Waals surface area contributed by atoms with E-state index in [0.717, 1.165) is 0 Å². The lowest BCUT2D eigenvalue weighted by atomic mass is 9.96. The van der Waals surface area contributed by atoms with Crippen LogP contribution in [0.25, 0.3) is 0 Å². The van der Waals surface area contributed by atoms with Crippen LogP contribution in [0.3, 0.4) is 0 Å². The molecule has 0 spiro atoms. The topological polar surface area (TPSA) is 110 Å². The van der Waals surface area contributed by atoms with Gasteiger partial charge in [-0.2, -0.15) is 0 Å². The number of aliphatic hydroxyl groups is 2. The van der Waals surface area contributed by atoms with Crippen molar-refractivity contribution in [3.05, 3.63) is 0 Å². The first-order valence-electron chi connectivity index (χ1n) is 6.03. The molecule has 0 aromatic carbocycles. The molecule has 0 radical (unpaired) electrons. The van der Waals surface area contributed by atoms with E-state index in [0.29, 0.717) is 13.0 Å². The van der Waals surface area contributed by atoms with Gasteiger partial charge in [-0.1, -0.05) is 6.92 Å². The molecule has 1 saturated heterocycles. The standard InChI is InChI=1S/C11H20N2O5/c1-7-2-4-13(6-9(7)15)11(18)12-8(3-5-14)10(16)17/h7-9,14-15H,2-6H2,1H3,(H,12,18)(H,16,17)/t7?,8-,9?/m0/s1. The first kappa shape index (κ1) is 14.7. The van der Waals surface area contributed by atoms with Gasteiger partial charge in [0.15, 0.2) is 0 Å². The number of nitrogens with one attached hydrogen (secondary N) is 1. The molecule has 18 heavy (non-hydrogen) atoms. The predicted molar refractivity (Wildman–Crippen MR) is 63.0 cm³/mol. The minimum atomic E-state index is -1.18. The summed E-state index contributed by atoms with van der Waals surface area (Å²) in [5, 5.41) is 29.6. The second-order valence-electron chi connectivity index (χ2n) is 4.63. The Morgan fingerprint density at radius 1 is 1.50 bits per heavy atom. The second-order valence-corrected chi connectivity index (χ2v) is 4.63. The molecule has 7 heteroatoms. The fraction of sp³-hybridized carbons (Fsp3) is 0.818. The molecule has 7 nitrogen and oxygen atoms in total. The number of likely N-dealkylation sites (tertiary alicyclic amines) is 1. The molecule has 2 amide bonds. The fourth-order valence-electron chi connectivity index (χ4n) is 1.86. The van der Waals surface area contributed by atoms with Crippen molar-refractivity contribution < 1.29 is 24.9 Å². The number of nitrogens with zero attached hydrogens (tertiary/aromatic N) is 1. The molecule has 0 bridgehead atoms. The Morgan fingerprint density at radius 2 is 2.17 bits per heavy atom. The molecule has 1 rings (SSSR count). The lowest BCUT2D eigenvalue weighted by molar-refractivity contribution is -0.139. The van der Waals surface area contributed by atoms with Crippen molar-refractivity contribution in [2.75, 3.05) is 19.7 Å². The Hall–Kier alpha value is -1.34. The van der Waals surface area contributed by atoms with Crippen molar-refractivity contribution in [2.24, 2.45) is 5.92 Å². The summed E-state index contributed by atoms with van der Waals surface area (Å²) in [5.41, 5.74) is 0. The van der Waals surface area contributed by atoms with Crippen LogP contribution in [0.2, 0.25) is 0 Å². The van der Waals surface area contributed by atoms with Crippen LogP contribution in [-0.4, -0.2) is 64.1 Å². The average molecular weight is 260 g/mol. The molecule has 1 fully saturated rings. The highest BCUT2D eigenvalue weighted by Gasteiger charge is 2.29. The van der Waals surface area contributed by atoms with Crippen molar-refractivity contribution in [2.45, 2.75) is 31.9 Å². The molecule has 0 aliphatic carbocycles. The van der Waals surface area contributed by atoms with Gasteiger partial charge in [-0.05, 0) is 12.3 Å². The van der Waals surface area contributed by atoms with Crippen molar-refractivity contribution in [1.82, 2.24) is 10.2 Å². The van der Waals surface area contributed by atoms with E-state index >= 15 is 0 Å². The Kier molecular flexibility index (Phi) is 5.36. The highest BCUT2D eigenvalue weighted by atomic mass is 16.4. The van der Waals surface area contributed by atoms with E-state index in [9.17, 15) is 14.7 Å². The number of carbonyl (C=O) groups is 2. The molecule has 1 heterocycles. The highest BCUT2D eigenvalue weighted by Crippen LogP contribution is 2.16. The normalized spacial score (nSPS) is 25.6. The van der Waals surface area contributed by atoms with Gasteiger partial charge in [-0.15, -0.1) is 0 Å². The predicted octanol–water partition coefficient (Wildman–Crippen LogP) is -0.766. The number of carbonyl (C=O) groups excluding carboxylic acids is 1. The van der Waals surface area contributed by atoms with Gasteiger partial charge in [-0.3, -0.25) is 0 Å². The van der Waals surface area contributed by atoms with E-state index in [1.54, 1.807) is 0 Å². The van der Waals surface area contributed by atoms with Gasteiger partial charge in [0.05, 0.1) is 6.10 Å². The van der Waals surface area contributed by atoms with Crippen LogP contribution < -0.4 is 5.32 Å². The van der Waals surface area contributed by atoms with Gasteiger partial charge >= 0.3 is 12.0 Å². The molecule has 2 unspecified atom stereocenters. The molecule has 4 N–H and O–H groups in total. The summed E-state index contributed by atoms with van der Waals surface area (Å²) in [5.74, 6) is -1.04. The number of urea groups is 1. The smallest absolute Gasteiger partial charge is 0.326 e. The average Bonchev–Trinajstić information content (AvgIpc) is 2.31. The summed E-state index contributed by atoms with van der Waals surface area (Å²) < 4.78 is 0.